The summed E-state index contributed by atoms with van der Waals surface area (Å²) in [5.74, 6) is 0.537. The van der Waals surface area contributed by atoms with Gasteiger partial charge in [-0.15, -0.1) is 0 Å². The molecular weight excluding hydrogens is 500 g/mol. The number of halogens is 1. The van der Waals surface area contributed by atoms with Gasteiger partial charge in [-0.3, -0.25) is 14.8 Å². The van der Waals surface area contributed by atoms with Crippen LogP contribution in [0.2, 0.25) is 5.02 Å². The fraction of sp³-hybridized carbons (Fsp3) is 0.241. The number of hydrogen-bond acceptors (Lipinski definition) is 7. The van der Waals surface area contributed by atoms with Gasteiger partial charge >= 0.3 is 0 Å². The SMILES string of the molecule is Cc1cccnc1COc1ccc(Nc2c(C#N)cnc3ccc(NC(=O)CCCN(C)C)cc23)c(Cl)c1. The minimum absolute atomic E-state index is 0.0652. The first kappa shape index (κ1) is 26.9. The molecule has 0 saturated heterocycles. The zero-order valence-corrected chi connectivity index (χ0v) is 22.3. The number of benzene rings is 2. The summed E-state index contributed by atoms with van der Waals surface area (Å²) in [6, 6.07) is 16.8. The summed E-state index contributed by atoms with van der Waals surface area (Å²) in [4.78, 5) is 23.2. The van der Waals surface area contributed by atoms with Crippen LogP contribution in [0.5, 0.6) is 5.75 Å². The minimum Gasteiger partial charge on any atom is -0.487 e. The van der Waals surface area contributed by atoms with Gasteiger partial charge in [0.15, 0.2) is 0 Å². The lowest BCUT2D eigenvalue weighted by Gasteiger charge is -2.15. The molecule has 38 heavy (non-hydrogen) atoms. The van der Waals surface area contributed by atoms with Crippen molar-refractivity contribution < 1.29 is 9.53 Å². The van der Waals surface area contributed by atoms with Crippen molar-refractivity contribution in [3.05, 3.63) is 82.8 Å². The average Bonchev–Trinajstić information content (AvgIpc) is 2.89. The molecule has 0 aliphatic carbocycles. The summed E-state index contributed by atoms with van der Waals surface area (Å²) in [6.07, 6.45) is 4.44. The van der Waals surface area contributed by atoms with Crippen molar-refractivity contribution >= 4 is 45.5 Å². The molecule has 4 rings (SSSR count). The Balaban J connectivity index is 1.55. The molecule has 0 fully saturated rings. The van der Waals surface area contributed by atoms with Crippen molar-refractivity contribution in [1.82, 2.24) is 14.9 Å². The molecular formula is C29H29ClN6O2. The van der Waals surface area contributed by atoms with Gasteiger partial charge in [0.25, 0.3) is 0 Å². The van der Waals surface area contributed by atoms with Crippen LogP contribution in [0, 0.1) is 18.3 Å². The number of aryl methyl sites for hydroxylation is 1. The Labute approximate surface area is 227 Å². The lowest BCUT2D eigenvalue weighted by Crippen LogP contribution is -2.17. The van der Waals surface area contributed by atoms with E-state index in [-0.39, 0.29) is 5.91 Å². The number of nitrogens with one attached hydrogen (secondary N) is 2. The molecule has 2 aromatic heterocycles. The van der Waals surface area contributed by atoms with Crippen LogP contribution in [-0.2, 0) is 11.4 Å². The van der Waals surface area contributed by atoms with Crippen molar-refractivity contribution in [2.45, 2.75) is 26.4 Å². The third-order valence-corrected chi connectivity index (χ3v) is 6.29. The third-order valence-electron chi connectivity index (χ3n) is 5.97. The summed E-state index contributed by atoms with van der Waals surface area (Å²) in [7, 11) is 3.96. The van der Waals surface area contributed by atoms with Crippen molar-refractivity contribution in [3.63, 3.8) is 0 Å². The highest BCUT2D eigenvalue weighted by Gasteiger charge is 2.13. The molecule has 1 amide bonds. The maximum Gasteiger partial charge on any atom is 0.224 e. The Morgan fingerprint density at radius 3 is 2.74 bits per heavy atom. The van der Waals surface area contributed by atoms with Crippen molar-refractivity contribution in [1.29, 1.82) is 5.26 Å². The van der Waals surface area contributed by atoms with Gasteiger partial charge in [0.1, 0.15) is 18.4 Å². The molecule has 0 bridgehead atoms. The van der Waals surface area contributed by atoms with Gasteiger partial charge in [0.2, 0.25) is 5.91 Å². The van der Waals surface area contributed by atoms with E-state index >= 15 is 0 Å². The number of pyridine rings is 2. The summed E-state index contributed by atoms with van der Waals surface area (Å²) in [5, 5.41) is 17.1. The van der Waals surface area contributed by atoms with Crippen LogP contribution in [0.3, 0.4) is 0 Å². The van der Waals surface area contributed by atoms with Crippen LogP contribution < -0.4 is 15.4 Å². The smallest absolute Gasteiger partial charge is 0.224 e. The van der Waals surface area contributed by atoms with Crippen molar-refractivity contribution in [2.75, 3.05) is 31.3 Å². The number of ether oxygens (including phenoxy) is 1. The zero-order chi connectivity index (χ0) is 27.1. The molecule has 2 aromatic carbocycles. The standard InChI is InChI=1S/C29H29ClN6O2/c1-19-6-4-12-32-27(19)18-38-22-9-11-26(24(30)15-22)35-29-20(16-31)17-33-25-10-8-21(14-23(25)29)34-28(37)7-5-13-36(2)3/h4,6,8-12,14-15,17H,5,7,13,18H2,1-3H3,(H,33,35)(H,34,37). The lowest BCUT2D eigenvalue weighted by atomic mass is 10.1. The highest BCUT2D eigenvalue weighted by molar-refractivity contribution is 6.33. The van der Waals surface area contributed by atoms with Crippen LogP contribution in [0.4, 0.5) is 17.1 Å². The molecule has 9 heteroatoms. The first-order valence-electron chi connectivity index (χ1n) is 12.2. The van der Waals surface area contributed by atoms with E-state index in [1.165, 1.54) is 6.20 Å². The molecule has 194 valence electrons. The van der Waals surface area contributed by atoms with E-state index in [0.717, 1.165) is 24.2 Å². The number of carbonyl (C=O) groups excluding carboxylic acids is 1. The molecule has 4 aromatic rings. The van der Waals surface area contributed by atoms with Gasteiger partial charge in [-0.1, -0.05) is 17.7 Å². The molecule has 0 saturated carbocycles. The number of hydrogen-bond donors (Lipinski definition) is 2. The normalized spacial score (nSPS) is 10.8. The molecule has 0 aliphatic heterocycles. The average molecular weight is 529 g/mol. The van der Waals surface area contributed by atoms with Gasteiger partial charge < -0.3 is 20.3 Å². The van der Waals surface area contributed by atoms with Gasteiger partial charge in [-0.05, 0) is 75.9 Å². The van der Waals surface area contributed by atoms with Crippen LogP contribution in [0.25, 0.3) is 10.9 Å². The highest BCUT2D eigenvalue weighted by Crippen LogP contribution is 2.35. The van der Waals surface area contributed by atoms with Crippen LogP contribution in [0.1, 0.15) is 29.7 Å². The van der Waals surface area contributed by atoms with Gasteiger partial charge in [0.05, 0.1) is 33.2 Å². The summed E-state index contributed by atoms with van der Waals surface area (Å²) in [6.45, 7) is 3.15. The van der Waals surface area contributed by atoms with Gasteiger partial charge in [-0.25, -0.2) is 0 Å². The lowest BCUT2D eigenvalue weighted by molar-refractivity contribution is -0.116. The molecule has 2 heterocycles. The number of carbonyl (C=O) groups is 1. The molecule has 0 atom stereocenters. The second-order valence-electron chi connectivity index (χ2n) is 9.17. The van der Waals surface area contributed by atoms with Gasteiger partial charge in [0, 0.05) is 36.0 Å². The minimum atomic E-state index is -0.0652. The van der Waals surface area contributed by atoms with E-state index in [4.69, 9.17) is 16.3 Å². The fourth-order valence-corrected chi connectivity index (χ4v) is 4.13. The predicted octanol–water partition coefficient (Wildman–Crippen LogP) is 6.07. The Hall–Kier alpha value is -4.19. The molecule has 0 aliphatic rings. The Kier molecular flexibility index (Phi) is 8.74. The van der Waals surface area contributed by atoms with Crippen LogP contribution in [0.15, 0.2) is 60.9 Å². The summed E-state index contributed by atoms with van der Waals surface area (Å²) in [5.41, 5.74) is 4.74. The predicted molar refractivity (Wildman–Crippen MR) is 151 cm³/mol. The Morgan fingerprint density at radius 1 is 1.16 bits per heavy atom. The largest absolute Gasteiger partial charge is 0.487 e. The molecule has 8 nitrogen and oxygen atoms in total. The monoisotopic (exact) mass is 528 g/mol. The summed E-state index contributed by atoms with van der Waals surface area (Å²) >= 11 is 6.59. The van der Waals surface area contributed by atoms with E-state index in [0.29, 0.717) is 57.3 Å². The first-order valence-corrected chi connectivity index (χ1v) is 12.6. The van der Waals surface area contributed by atoms with Crippen molar-refractivity contribution in [2.24, 2.45) is 0 Å². The van der Waals surface area contributed by atoms with E-state index in [9.17, 15) is 10.1 Å². The number of rotatable bonds is 10. The number of nitriles is 1. The van der Waals surface area contributed by atoms with E-state index in [2.05, 4.69) is 26.7 Å². The van der Waals surface area contributed by atoms with E-state index in [1.807, 2.05) is 50.2 Å². The van der Waals surface area contributed by atoms with Crippen LogP contribution >= 0.6 is 11.6 Å². The maximum atomic E-state index is 12.4. The third kappa shape index (κ3) is 6.76. The van der Waals surface area contributed by atoms with E-state index < -0.39 is 0 Å². The fourth-order valence-electron chi connectivity index (χ4n) is 3.91. The number of anilines is 3. The topological polar surface area (TPSA) is 103 Å². The number of fused-ring (bicyclic) bond motifs is 1. The molecule has 0 radical (unpaired) electrons. The second kappa shape index (κ2) is 12.4. The van der Waals surface area contributed by atoms with Gasteiger partial charge in [-0.2, -0.15) is 5.26 Å². The zero-order valence-electron chi connectivity index (χ0n) is 21.6. The highest BCUT2D eigenvalue weighted by atomic mass is 35.5. The molecule has 0 spiro atoms. The van der Waals surface area contributed by atoms with Crippen molar-refractivity contribution in [3.8, 4) is 11.8 Å². The number of nitrogens with zero attached hydrogens (tertiary/aromatic N) is 4. The molecule has 0 unspecified atom stereocenters. The molecule has 2 N–H and O–H groups in total. The quantitative estimate of drug-likeness (QED) is 0.257. The Morgan fingerprint density at radius 2 is 2.00 bits per heavy atom. The first-order chi connectivity index (χ1) is 18.3. The second-order valence-corrected chi connectivity index (χ2v) is 9.58. The van der Waals surface area contributed by atoms with E-state index in [1.54, 1.807) is 30.5 Å². The van der Waals surface area contributed by atoms with Crippen LogP contribution in [-0.4, -0.2) is 41.4 Å². The number of amides is 1. The number of aromatic nitrogens is 2. The maximum absolute atomic E-state index is 12.4. The summed E-state index contributed by atoms with van der Waals surface area (Å²) < 4.78 is 5.89. The Bertz CT molecular complexity index is 1500.